The Morgan fingerprint density at radius 2 is 1.79 bits per heavy atom. The molecule has 0 aliphatic heterocycles. The predicted octanol–water partition coefficient (Wildman–Crippen LogP) is 4.61. The maximum Gasteiger partial charge on any atom is 0.197 e. The van der Waals surface area contributed by atoms with Crippen molar-refractivity contribution in [1.29, 1.82) is 0 Å². The van der Waals surface area contributed by atoms with E-state index in [4.69, 9.17) is 0 Å². The summed E-state index contributed by atoms with van der Waals surface area (Å²) < 4.78 is 0. The Bertz CT molecular complexity index is 633. The molecule has 3 saturated carbocycles. The summed E-state index contributed by atoms with van der Waals surface area (Å²) in [5.74, 6) is 2.52. The van der Waals surface area contributed by atoms with Crippen molar-refractivity contribution in [1.82, 2.24) is 0 Å². The van der Waals surface area contributed by atoms with Gasteiger partial charge >= 0.3 is 0 Å². The van der Waals surface area contributed by atoms with Crippen molar-refractivity contribution in [2.45, 2.75) is 72.1 Å². The van der Waals surface area contributed by atoms with Crippen LogP contribution < -0.4 is 0 Å². The molecule has 4 aliphatic rings. The molecule has 0 unspecified atom stereocenters. The van der Waals surface area contributed by atoms with Gasteiger partial charge in [0.15, 0.2) is 11.5 Å². The first-order chi connectivity index (χ1) is 11.3. The monoisotopic (exact) mass is 330 g/mol. The Kier molecular flexibility index (Phi) is 3.54. The zero-order valence-corrected chi connectivity index (χ0v) is 15.2. The van der Waals surface area contributed by atoms with Gasteiger partial charge in [0.1, 0.15) is 5.78 Å². The fourth-order valence-electron chi connectivity index (χ4n) is 7.35. The molecule has 3 heteroatoms. The number of carbonyl (C=O) groups is 2. The summed E-state index contributed by atoms with van der Waals surface area (Å²) in [6.45, 7) is 6.43. The van der Waals surface area contributed by atoms with Gasteiger partial charge in [-0.1, -0.05) is 13.8 Å². The number of Topliss-reactive ketones (excluding diaryl/α,β-unsaturated/α-hetero) is 2. The molecule has 3 fully saturated rings. The predicted molar refractivity (Wildman–Crippen MR) is 92.5 cm³/mol. The number of hydrogen-bond acceptors (Lipinski definition) is 3. The maximum atomic E-state index is 12.2. The lowest BCUT2D eigenvalue weighted by molar-refractivity contribution is -0.129. The van der Waals surface area contributed by atoms with Crippen molar-refractivity contribution < 1.29 is 14.7 Å². The fourth-order valence-corrected chi connectivity index (χ4v) is 7.35. The molecule has 24 heavy (non-hydrogen) atoms. The van der Waals surface area contributed by atoms with Crippen LogP contribution in [0, 0.1) is 34.5 Å². The van der Waals surface area contributed by atoms with Crippen molar-refractivity contribution in [2.24, 2.45) is 34.5 Å². The summed E-state index contributed by atoms with van der Waals surface area (Å²) in [5, 5.41) is 10.4. The van der Waals surface area contributed by atoms with Crippen molar-refractivity contribution in [3.05, 3.63) is 11.3 Å². The molecule has 3 nitrogen and oxygen atoms in total. The van der Waals surface area contributed by atoms with E-state index in [1.807, 2.05) is 0 Å². The molecular weight excluding hydrogens is 300 g/mol. The zero-order valence-electron chi connectivity index (χ0n) is 15.2. The van der Waals surface area contributed by atoms with Gasteiger partial charge in [0, 0.05) is 12.3 Å². The van der Waals surface area contributed by atoms with Crippen molar-refractivity contribution in [3.8, 4) is 0 Å². The van der Waals surface area contributed by atoms with Gasteiger partial charge in [-0.2, -0.15) is 0 Å². The molecule has 4 aliphatic carbocycles. The highest BCUT2D eigenvalue weighted by atomic mass is 16.3. The molecule has 4 rings (SSSR count). The Hall–Kier alpha value is -1.12. The van der Waals surface area contributed by atoms with Crippen molar-refractivity contribution in [2.75, 3.05) is 0 Å². The number of allylic oxidation sites excluding steroid dienone is 1. The van der Waals surface area contributed by atoms with Crippen LogP contribution in [0.4, 0.5) is 0 Å². The molecule has 0 amide bonds. The lowest BCUT2D eigenvalue weighted by Gasteiger charge is -2.58. The fraction of sp³-hybridized carbons (Fsp3) is 0.810. The Morgan fingerprint density at radius 1 is 1.04 bits per heavy atom. The van der Waals surface area contributed by atoms with Crippen LogP contribution in [-0.2, 0) is 9.59 Å². The van der Waals surface area contributed by atoms with Crippen LogP contribution in [0.15, 0.2) is 11.3 Å². The number of hydrogen-bond donors (Lipinski definition) is 1. The molecule has 0 aromatic carbocycles. The molecular formula is C21H30O3. The van der Waals surface area contributed by atoms with Gasteiger partial charge in [0.05, 0.1) is 0 Å². The Morgan fingerprint density at radius 3 is 2.50 bits per heavy atom. The standard InChI is InChI=1S/C21H30O3/c1-12(22)14-6-7-15-13-4-5-17-19(24)18(23)9-11-21(17,3)16(13)8-10-20(14,15)2/h13-16,24H,4-11H2,1-3H3/t13-,14+,15-,16-,20+,21+/m0/s1. The third-order valence-corrected chi connectivity index (χ3v) is 8.58. The van der Waals surface area contributed by atoms with Gasteiger partial charge in [-0.15, -0.1) is 0 Å². The van der Waals surface area contributed by atoms with Crippen molar-refractivity contribution in [3.63, 3.8) is 0 Å². The van der Waals surface area contributed by atoms with Gasteiger partial charge in [-0.25, -0.2) is 0 Å². The lowest BCUT2D eigenvalue weighted by atomic mass is 9.46. The minimum atomic E-state index is -0.0564. The molecule has 0 radical (unpaired) electrons. The Balaban J connectivity index is 1.69. The summed E-state index contributed by atoms with van der Waals surface area (Å²) in [7, 11) is 0. The van der Waals surface area contributed by atoms with Crippen LogP contribution in [0.2, 0.25) is 0 Å². The first-order valence-corrected chi connectivity index (χ1v) is 9.75. The minimum absolute atomic E-state index is 0.00342. The number of ketones is 2. The van der Waals surface area contributed by atoms with Crippen molar-refractivity contribution >= 4 is 11.6 Å². The molecule has 0 heterocycles. The first kappa shape index (κ1) is 16.4. The molecule has 0 spiro atoms. The Labute approximate surface area is 144 Å². The van der Waals surface area contributed by atoms with E-state index >= 15 is 0 Å². The third-order valence-electron chi connectivity index (χ3n) is 8.58. The van der Waals surface area contributed by atoms with Crippen LogP contribution in [0.5, 0.6) is 0 Å². The molecule has 0 aromatic heterocycles. The lowest BCUT2D eigenvalue weighted by Crippen LogP contribution is -2.51. The van der Waals surface area contributed by atoms with Gasteiger partial charge in [0.25, 0.3) is 0 Å². The number of carbonyl (C=O) groups excluding carboxylic acids is 2. The second-order valence-electron chi connectivity index (χ2n) is 9.37. The van der Waals surface area contributed by atoms with Gasteiger partial charge < -0.3 is 5.11 Å². The molecule has 0 aromatic rings. The van der Waals surface area contributed by atoms with E-state index in [1.54, 1.807) is 6.92 Å². The van der Waals surface area contributed by atoms with Crippen LogP contribution in [-0.4, -0.2) is 16.7 Å². The van der Waals surface area contributed by atoms with Gasteiger partial charge in [-0.3, -0.25) is 9.59 Å². The smallest absolute Gasteiger partial charge is 0.197 e. The van der Waals surface area contributed by atoms with E-state index < -0.39 is 0 Å². The molecule has 0 saturated heterocycles. The van der Waals surface area contributed by atoms with Gasteiger partial charge in [-0.05, 0) is 86.0 Å². The summed E-state index contributed by atoms with van der Waals surface area (Å²) in [4.78, 5) is 24.1. The summed E-state index contributed by atoms with van der Waals surface area (Å²) in [6, 6.07) is 0. The number of rotatable bonds is 1. The van der Waals surface area contributed by atoms with E-state index in [2.05, 4.69) is 13.8 Å². The van der Waals surface area contributed by atoms with E-state index in [0.717, 1.165) is 44.1 Å². The SMILES string of the molecule is CC(=O)[C@H]1CC[C@H]2[C@@H]3CCC4=C(O)C(=O)CC[C@]4(C)[C@H]3CC[C@]12C. The summed E-state index contributed by atoms with van der Waals surface area (Å²) in [5.41, 5.74) is 1.22. The molecule has 6 atom stereocenters. The first-order valence-electron chi connectivity index (χ1n) is 9.75. The molecule has 1 N–H and O–H groups in total. The maximum absolute atomic E-state index is 12.2. The van der Waals surface area contributed by atoms with Crippen LogP contribution in [0.1, 0.15) is 72.1 Å². The highest BCUT2D eigenvalue weighted by Gasteiger charge is 2.60. The molecule has 132 valence electrons. The highest BCUT2D eigenvalue weighted by molar-refractivity contribution is 5.95. The number of aliphatic hydroxyl groups is 1. The zero-order chi connectivity index (χ0) is 17.3. The van der Waals surface area contributed by atoms with Crippen LogP contribution >= 0.6 is 0 Å². The summed E-state index contributed by atoms with van der Waals surface area (Å²) in [6.07, 6.45) is 7.85. The topological polar surface area (TPSA) is 54.4 Å². The second kappa shape index (κ2) is 5.19. The van der Waals surface area contributed by atoms with E-state index in [0.29, 0.717) is 30.0 Å². The van der Waals surface area contributed by atoms with Crippen LogP contribution in [0.3, 0.4) is 0 Å². The number of aliphatic hydroxyl groups excluding tert-OH is 1. The van der Waals surface area contributed by atoms with Gasteiger partial charge in [0.2, 0.25) is 0 Å². The molecule has 0 bridgehead atoms. The average molecular weight is 330 g/mol. The summed E-state index contributed by atoms with van der Waals surface area (Å²) >= 11 is 0. The number of fused-ring (bicyclic) bond motifs is 5. The average Bonchev–Trinajstić information content (AvgIpc) is 2.89. The third kappa shape index (κ3) is 1.96. The minimum Gasteiger partial charge on any atom is -0.504 e. The highest BCUT2D eigenvalue weighted by Crippen LogP contribution is 2.66. The van der Waals surface area contributed by atoms with E-state index in [1.165, 1.54) is 6.42 Å². The quantitative estimate of drug-likeness (QED) is 0.764. The van der Waals surface area contributed by atoms with Crippen LogP contribution in [0.25, 0.3) is 0 Å². The van der Waals surface area contributed by atoms with E-state index in [-0.39, 0.29) is 28.3 Å². The second-order valence-corrected chi connectivity index (χ2v) is 9.37. The largest absolute Gasteiger partial charge is 0.504 e. The van der Waals surface area contributed by atoms with E-state index in [9.17, 15) is 14.7 Å². The normalized spacial score (nSPS) is 47.9.